The molecular formula is C10H14O2. The van der Waals surface area contributed by atoms with Crippen LogP contribution in [0.25, 0.3) is 0 Å². The molecule has 0 radical (unpaired) electrons. The molecule has 0 spiro atoms. The molecular weight excluding hydrogens is 152 g/mol. The third-order valence-electron chi connectivity index (χ3n) is 3.33. The molecule has 2 aliphatic rings. The molecule has 66 valence electrons. The van der Waals surface area contributed by atoms with Crippen molar-refractivity contribution in [2.24, 2.45) is 17.3 Å². The number of hydrogen-bond donors (Lipinski definition) is 0. The Hall–Kier alpha value is -0.790. The Morgan fingerprint density at radius 2 is 2.33 bits per heavy atom. The molecule has 1 fully saturated rings. The lowest BCUT2D eigenvalue weighted by atomic mass is 9.78. The molecule has 1 saturated carbocycles. The van der Waals surface area contributed by atoms with E-state index in [1.165, 1.54) is 7.11 Å². The molecule has 0 amide bonds. The molecule has 12 heavy (non-hydrogen) atoms. The zero-order chi connectivity index (χ0) is 8.77. The van der Waals surface area contributed by atoms with Gasteiger partial charge in [-0.2, -0.15) is 0 Å². The number of allylic oxidation sites excluding steroid dienone is 2. The van der Waals surface area contributed by atoms with Crippen LogP contribution in [-0.2, 0) is 9.53 Å². The van der Waals surface area contributed by atoms with Gasteiger partial charge in [0.15, 0.2) is 0 Å². The van der Waals surface area contributed by atoms with Gasteiger partial charge >= 0.3 is 5.97 Å². The minimum absolute atomic E-state index is 0.0423. The van der Waals surface area contributed by atoms with Crippen LogP contribution < -0.4 is 0 Å². The van der Waals surface area contributed by atoms with Gasteiger partial charge in [-0.3, -0.25) is 4.79 Å². The first-order chi connectivity index (χ1) is 5.66. The van der Waals surface area contributed by atoms with Gasteiger partial charge in [-0.25, -0.2) is 0 Å². The smallest absolute Gasteiger partial charge is 0.312 e. The third-order valence-corrected chi connectivity index (χ3v) is 3.33. The van der Waals surface area contributed by atoms with Gasteiger partial charge in [-0.15, -0.1) is 0 Å². The quantitative estimate of drug-likeness (QED) is 0.438. The normalized spacial score (nSPS) is 43.5. The summed E-state index contributed by atoms with van der Waals surface area (Å²) in [6.45, 7) is 2.02. The fourth-order valence-corrected chi connectivity index (χ4v) is 2.56. The Kier molecular flexibility index (Phi) is 1.53. The monoisotopic (exact) mass is 166 g/mol. The minimum atomic E-state index is -0.228. The molecule has 2 nitrogen and oxygen atoms in total. The van der Waals surface area contributed by atoms with Crippen LogP contribution in [-0.4, -0.2) is 13.1 Å². The number of rotatable bonds is 1. The molecule has 0 aromatic heterocycles. The lowest BCUT2D eigenvalue weighted by Gasteiger charge is -2.27. The zero-order valence-corrected chi connectivity index (χ0v) is 7.54. The predicted molar refractivity (Wildman–Crippen MR) is 45.5 cm³/mol. The van der Waals surface area contributed by atoms with Gasteiger partial charge in [0, 0.05) is 0 Å². The topological polar surface area (TPSA) is 26.3 Å². The van der Waals surface area contributed by atoms with Crippen molar-refractivity contribution in [1.29, 1.82) is 0 Å². The van der Waals surface area contributed by atoms with E-state index < -0.39 is 0 Å². The van der Waals surface area contributed by atoms with Crippen LogP contribution in [0, 0.1) is 17.3 Å². The first kappa shape index (κ1) is 7.84. The lowest BCUT2D eigenvalue weighted by molar-refractivity contribution is -0.153. The molecule has 0 N–H and O–H groups in total. The molecule has 0 aliphatic heterocycles. The maximum atomic E-state index is 11.5. The van der Waals surface area contributed by atoms with E-state index >= 15 is 0 Å². The number of ether oxygens (including phenoxy) is 1. The summed E-state index contributed by atoms with van der Waals surface area (Å²) in [6.07, 6.45) is 6.52. The van der Waals surface area contributed by atoms with E-state index in [0.29, 0.717) is 11.8 Å². The van der Waals surface area contributed by atoms with Crippen molar-refractivity contribution < 1.29 is 9.53 Å². The zero-order valence-electron chi connectivity index (χ0n) is 7.54. The molecule has 2 rings (SSSR count). The molecule has 0 saturated heterocycles. The van der Waals surface area contributed by atoms with Gasteiger partial charge in [-0.1, -0.05) is 12.2 Å². The summed E-state index contributed by atoms with van der Waals surface area (Å²) in [4.78, 5) is 11.5. The SMILES string of the molecule is COC(=O)C1(C)C[C@H]2C=C[C@@H]1C2. The van der Waals surface area contributed by atoms with E-state index in [1.54, 1.807) is 0 Å². The van der Waals surface area contributed by atoms with Crippen molar-refractivity contribution in [2.45, 2.75) is 19.8 Å². The first-order valence-corrected chi connectivity index (χ1v) is 4.43. The number of methoxy groups -OCH3 is 1. The van der Waals surface area contributed by atoms with Crippen molar-refractivity contribution in [3.05, 3.63) is 12.2 Å². The van der Waals surface area contributed by atoms with Crippen molar-refractivity contribution >= 4 is 5.97 Å². The summed E-state index contributed by atoms with van der Waals surface area (Å²) in [5, 5.41) is 0. The molecule has 3 atom stereocenters. The summed E-state index contributed by atoms with van der Waals surface area (Å²) < 4.78 is 4.82. The highest BCUT2D eigenvalue weighted by molar-refractivity contribution is 5.78. The molecule has 1 unspecified atom stereocenters. The highest BCUT2D eigenvalue weighted by atomic mass is 16.5. The lowest BCUT2D eigenvalue weighted by Crippen LogP contribution is -2.32. The molecule has 0 aromatic rings. The first-order valence-electron chi connectivity index (χ1n) is 4.43. The molecule has 0 aromatic carbocycles. The molecule has 2 aliphatic carbocycles. The van der Waals surface area contributed by atoms with Gasteiger partial charge < -0.3 is 4.74 Å². The Morgan fingerprint density at radius 3 is 2.75 bits per heavy atom. The highest BCUT2D eigenvalue weighted by Gasteiger charge is 2.50. The number of fused-ring (bicyclic) bond motifs is 2. The van der Waals surface area contributed by atoms with Crippen LogP contribution in [0.3, 0.4) is 0 Å². The fourth-order valence-electron chi connectivity index (χ4n) is 2.56. The van der Waals surface area contributed by atoms with E-state index in [0.717, 1.165) is 12.8 Å². The summed E-state index contributed by atoms with van der Waals surface area (Å²) >= 11 is 0. The van der Waals surface area contributed by atoms with Crippen molar-refractivity contribution in [3.63, 3.8) is 0 Å². The Labute approximate surface area is 72.6 Å². The standard InChI is InChI=1S/C10H14O2/c1-10(9(11)12-2)6-7-3-4-8(10)5-7/h3-4,7-8H,5-6H2,1-2H3/t7-,8+,10?/m0/s1. The van der Waals surface area contributed by atoms with Crippen molar-refractivity contribution in [3.8, 4) is 0 Å². The van der Waals surface area contributed by atoms with E-state index in [2.05, 4.69) is 12.2 Å². The number of esters is 1. The van der Waals surface area contributed by atoms with Gasteiger partial charge in [-0.05, 0) is 31.6 Å². The van der Waals surface area contributed by atoms with Gasteiger partial charge in [0.05, 0.1) is 12.5 Å². The molecule has 2 heteroatoms. The molecule has 2 bridgehead atoms. The maximum absolute atomic E-state index is 11.5. The largest absolute Gasteiger partial charge is 0.469 e. The van der Waals surface area contributed by atoms with E-state index in [1.807, 2.05) is 6.92 Å². The van der Waals surface area contributed by atoms with Crippen molar-refractivity contribution in [2.75, 3.05) is 7.11 Å². The average molecular weight is 166 g/mol. The van der Waals surface area contributed by atoms with Crippen LogP contribution in [0.15, 0.2) is 12.2 Å². The number of carbonyl (C=O) groups excluding carboxylic acids is 1. The summed E-state index contributed by atoms with van der Waals surface area (Å²) in [7, 11) is 1.48. The van der Waals surface area contributed by atoms with Gasteiger partial charge in [0.1, 0.15) is 0 Å². The Balaban J connectivity index is 2.23. The second-order valence-electron chi connectivity index (χ2n) is 4.10. The number of hydrogen-bond acceptors (Lipinski definition) is 2. The maximum Gasteiger partial charge on any atom is 0.312 e. The minimum Gasteiger partial charge on any atom is -0.469 e. The van der Waals surface area contributed by atoms with Gasteiger partial charge in [0.2, 0.25) is 0 Å². The second kappa shape index (κ2) is 2.35. The van der Waals surface area contributed by atoms with Crippen LogP contribution in [0.4, 0.5) is 0 Å². The van der Waals surface area contributed by atoms with E-state index in [-0.39, 0.29) is 11.4 Å². The van der Waals surface area contributed by atoms with Crippen LogP contribution in [0.1, 0.15) is 19.8 Å². The Morgan fingerprint density at radius 1 is 1.58 bits per heavy atom. The average Bonchev–Trinajstić information content (AvgIpc) is 2.62. The van der Waals surface area contributed by atoms with Crippen LogP contribution in [0.2, 0.25) is 0 Å². The third kappa shape index (κ3) is 0.838. The van der Waals surface area contributed by atoms with E-state index in [9.17, 15) is 4.79 Å². The number of carbonyl (C=O) groups is 1. The molecule has 0 heterocycles. The van der Waals surface area contributed by atoms with E-state index in [4.69, 9.17) is 4.74 Å². The highest BCUT2D eigenvalue weighted by Crippen LogP contribution is 2.52. The predicted octanol–water partition coefficient (Wildman–Crippen LogP) is 1.76. The van der Waals surface area contributed by atoms with Crippen LogP contribution in [0.5, 0.6) is 0 Å². The van der Waals surface area contributed by atoms with Gasteiger partial charge in [0.25, 0.3) is 0 Å². The fraction of sp³-hybridized carbons (Fsp3) is 0.700. The summed E-state index contributed by atoms with van der Waals surface area (Å²) in [5.41, 5.74) is -0.228. The Bertz CT molecular complexity index is 244. The van der Waals surface area contributed by atoms with Crippen LogP contribution >= 0.6 is 0 Å². The summed E-state index contributed by atoms with van der Waals surface area (Å²) in [5.74, 6) is 1.01. The van der Waals surface area contributed by atoms with Crippen molar-refractivity contribution in [1.82, 2.24) is 0 Å². The summed E-state index contributed by atoms with van der Waals surface area (Å²) in [6, 6.07) is 0. The second-order valence-corrected chi connectivity index (χ2v) is 4.10.